The summed E-state index contributed by atoms with van der Waals surface area (Å²) in [6.45, 7) is 1.95. The maximum atomic E-state index is 11.5. The lowest BCUT2D eigenvalue weighted by Crippen LogP contribution is -2.11. The van der Waals surface area contributed by atoms with Gasteiger partial charge in [-0.1, -0.05) is 0 Å². The van der Waals surface area contributed by atoms with Crippen LogP contribution in [0.2, 0.25) is 0 Å². The fraction of sp³-hybridized carbons (Fsp3) is 0.273. The van der Waals surface area contributed by atoms with Crippen molar-refractivity contribution in [2.45, 2.75) is 13.3 Å². The van der Waals surface area contributed by atoms with Gasteiger partial charge in [-0.2, -0.15) is 0 Å². The Kier molecular flexibility index (Phi) is 4.47. The van der Waals surface area contributed by atoms with E-state index in [2.05, 4.69) is 5.43 Å². The summed E-state index contributed by atoms with van der Waals surface area (Å²) in [5.74, 6) is 3.76. The van der Waals surface area contributed by atoms with E-state index in [0.29, 0.717) is 11.3 Å². The van der Waals surface area contributed by atoms with Gasteiger partial charge in [0.05, 0.1) is 18.6 Å². The molecule has 0 radical (unpaired) electrons. The summed E-state index contributed by atoms with van der Waals surface area (Å²) in [6, 6.07) is 4.55. The van der Waals surface area contributed by atoms with Crippen LogP contribution in [0.5, 0.6) is 0 Å². The molecule has 1 rings (SSSR count). The highest BCUT2D eigenvalue weighted by Crippen LogP contribution is 2.15. The van der Waals surface area contributed by atoms with Gasteiger partial charge in [0.1, 0.15) is 0 Å². The van der Waals surface area contributed by atoms with E-state index in [1.54, 1.807) is 13.0 Å². The fourth-order valence-electron chi connectivity index (χ4n) is 1.38. The van der Waals surface area contributed by atoms with Crippen molar-refractivity contribution in [1.29, 1.82) is 0 Å². The molecule has 0 fully saturated rings. The van der Waals surface area contributed by atoms with Gasteiger partial charge >= 0.3 is 11.9 Å². The van der Waals surface area contributed by atoms with Crippen molar-refractivity contribution < 1.29 is 19.4 Å². The van der Waals surface area contributed by atoms with Gasteiger partial charge in [0.25, 0.3) is 0 Å². The lowest BCUT2D eigenvalue weighted by molar-refractivity contribution is -0.136. The number of nitrogen functional groups attached to an aromatic ring is 1. The summed E-state index contributed by atoms with van der Waals surface area (Å²) >= 11 is 0. The molecule has 0 saturated carbocycles. The van der Waals surface area contributed by atoms with E-state index < -0.39 is 11.9 Å². The molecule has 0 amide bonds. The third-order valence-corrected chi connectivity index (χ3v) is 2.03. The minimum absolute atomic E-state index is 0.179. The van der Waals surface area contributed by atoms with Crippen LogP contribution in [0.15, 0.2) is 18.2 Å². The first-order chi connectivity index (χ1) is 8.06. The number of benzene rings is 1. The molecule has 92 valence electrons. The van der Waals surface area contributed by atoms with Crippen LogP contribution < -0.4 is 11.3 Å². The van der Waals surface area contributed by atoms with Gasteiger partial charge in [-0.05, 0) is 30.7 Å². The largest absolute Gasteiger partial charge is 0.481 e. The predicted molar refractivity (Wildman–Crippen MR) is 61.5 cm³/mol. The van der Waals surface area contributed by atoms with E-state index in [1.807, 2.05) is 0 Å². The number of rotatable bonds is 5. The minimum atomic E-state index is -0.978. The highest BCUT2D eigenvalue weighted by Gasteiger charge is 2.11. The zero-order valence-electron chi connectivity index (χ0n) is 9.40. The van der Waals surface area contributed by atoms with Gasteiger partial charge in [0.2, 0.25) is 0 Å². The van der Waals surface area contributed by atoms with Crippen molar-refractivity contribution in [3.8, 4) is 0 Å². The average Bonchev–Trinajstić information content (AvgIpc) is 2.28. The molecule has 0 aliphatic rings. The summed E-state index contributed by atoms with van der Waals surface area (Å²) in [6.07, 6.45) is -0.179. The quantitative estimate of drug-likeness (QED) is 0.398. The topological polar surface area (TPSA) is 102 Å². The van der Waals surface area contributed by atoms with Gasteiger partial charge in [-0.15, -0.1) is 0 Å². The first-order valence-electron chi connectivity index (χ1n) is 5.06. The van der Waals surface area contributed by atoms with Gasteiger partial charge in [-0.25, -0.2) is 4.79 Å². The number of ether oxygens (including phenoxy) is 1. The van der Waals surface area contributed by atoms with Crippen molar-refractivity contribution in [2.24, 2.45) is 5.84 Å². The fourth-order valence-corrected chi connectivity index (χ4v) is 1.38. The smallest absolute Gasteiger partial charge is 0.338 e. The van der Waals surface area contributed by atoms with E-state index in [1.165, 1.54) is 12.1 Å². The zero-order valence-corrected chi connectivity index (χ0v) is 9.40. The maximum Gasteiger partial charge on any atom is 0.338 e. The molecule has 17 heavy (non-hydrogen) atoms. The number of nitrogens with one attached hydrogen (secondary N) is 1. The molecule has 0 aliphatic heterocycles. The van der Waals surface area contributed by atoms with Crippen LogP contribution in [0.1, 0.15) is 22.8 Å². The van der Waals surface area contributed by atoms with Crippen molar-refractivity contribution in [3.05, 3.63) is 29.3 Å². The van der Waals surface area contributed by atoms with Crippen molar-refractivity contribution in [2.75, 3.05) is 12.0 Å². The number of carbonyl (C=O) groups excluding carboxylic acids is 1. The Morgan fingerprint density at radius 1 is 1.41 bits per heavy atom. The van der Waals surface area contributed by atoms with Crippen LogP contribution in [0.25, 0.3) is 0 Å². The lowest BCUT2D eigenvalue weighted by atomic mass is 10.1. The van der Waals surface area contributed by atoms with Gasteiger partial charge in [0, 0.05) is 5.69 Å². The van der Waals surface area contributed by atoms with E-state index in [0.717, 1.165) is 0 Å². The van der Waals surface area contributed by atoms with Gasteiger partial charge < -0.3 is 15.3 Å². The molecular weight excluding hydrogens is 224 g/mol. The number of hydrogen-bond donors (Lipinski definition) is 3. The maximum absolute atomic E-state index is 11.5. The molecule has 6 nitrogen and oxygen atoms in total. The molecule has 0 atom stereocenters. The van der Waals surface area contributed by atoms with Crippen LogP contribution in [-0.2, 0) is 16.0 Å². The Morgan fingerprint density at radius 2 is 2.12 bits per heavy atom. The van der Waals surface area contributed by atoms with Crippen LogP contribution in [-0.4, -0.2) is 23.7 Å². The number of carboxylic acids is 1. The molecule has 6 heteroatoms. The Hall–Kier alpha value is -2.08. The highest BCUT2D eigenvalue weighted by atomic mass is 16.5. The highest BCUT2D eigenvalue weighted by molar-refractivity contribution is 5.91. The average molecular weight is 238 g/mol. The van der Waals surface area contributed by atoms with Crippen molar-refractivity contribution >= 4 is 17.6 Å². The second kappa shape index (κ2) is 5.86. The first-order valence-corrected chi connectivity index (χ1v) is 5.06. The number of esters is 1. The molecule has 1 aromatic rings. The SMILES string of the molecule is CCOC(=O)c1cc(CC(=O)O)cc(NN)c1. The number of anilines is 1. The zero-order chi connectivity index (χ0) is 12.8. The number of carbonyl (C=O) groups is 2. The summed E-state index contributed by atoms with van der Waals surface area (Å²) in [5, 5.41) is 8.70. The molecule has 4 N–H and O–H groups in total. The van der Waals surface area contributed by atoms with E-state index in [-0.39, 0.29) is 18.6 Å². The number of hydrogen-bond acceptors (Lipinski definition) is 5. The standard InChI is InChI=1S/C11H14N2O4/c1-2-17-11(16)8-3-7(5-10(14)15)4-9(6-8)13-12/h3-4,6,13H,2,5,12H2,1H3,(H,14,15). The molecular formula is C11H14N2O4. The number of carboxylic acid groups (broad SMARTS) is 1. The predicted octanol–water partition coefficient (Wildman–Crippen LogP) is 0.776. The van der Waals surface area contributed by atoms with Crippen molar-refractivity contribution in [3.63, 3.8) is 0 Å². The Labute approximate surface area is 98.3 Å². The van der Waals surface area contributed by atoms with Gasteiger partial charge in [-0.3, -0.25) is 10.6 Å². The number of hydrazine groups is 1. The monoisotopic (exact) mass is 238 g/mol. The van der Waals surface area contributed by atoms with E-state index in [4.69, 9.17) is 15.7 Å². The van der Waals surface area contributed by atoms with Crippen LogP contribution in [0.4, 0.5) is 5.69 Å². The Morgan fingerprint density at radius 3 is 2.65 bits per heavy atom. The second-order valence-corrected chi connectivity index (χ2v) is 3.35. The molecule has 0 unspecified atom stereocenters. The normalized spacial score (nSPS) is 9.76. The lowest BCUT2D eigenvalue weighted by Gasteiger charge is -2.07. The van der Waals surface area contributed by atoms with E-state index >= 15 is 0 Å². The van der Waals surface area contributed by atoms with Crippen LogP contribution in [0.3, 0.4) is 0 Å². The summed E-state index contributed by atoms with van der Waals surface area (Å²) in [7, 11) is 0. The molecule has 0 aromatic heterocycles. The molecule has 0 spiro atoms. The summed E-state index contributed by atoms with van der Waals surface area (Å²) in [4.78, 5) is 22.1. The third-order valence-electron chi connectivity index (χ3n) is 2.03. The number of aliphatic carboxylic acids is 1. The number of nitrogens with two attached hydrogens (primary N) is 1. The third kappa shape index (κ3) is 3.76. The molecule has 0 saturated heterocycles. The van der Waals surface area contributed by atoms with Crippen LogP contribution in [0, 0.1) is 0 Å². The second-order valence-electron chi connectivity index (χ2n) is 3.35. The molecule has 0 aliphatic carbocycles. The Bertz CT molecular complexity index is 431. The first kappa shape index (κ1) is 13.0. The molecule has 0 heterocycles. The molecule has 0 bridgehead atoms. The van der Waals surface area contributed by atoms with E-state index in [9.17, 15) is 9.59 Å². The summed E-state index contributed by atoms with van der Waals surface area (Å²) < 4.78 is 4.83. The van der Waals surface area contributed by atoms with Crippen LogP contribution >= 0.6 is 0 Å². The molecule has 1 aromatic carbocycles. The summed E-state index contributed by atoms with van der Waals surface area (Å²) in [5.41, 5.74) is 3.60. The Balaban J connectivity index is 3.04. The van der Waals surface area contributed by atoms with Crippen molar-refractivity contribution in [1.82, 2.24) is 0 Å². The minimum Gasteiger partial charge on any atom is -0.481 e. The van der Waals surface area contributed by atoms with Gasteiger partial charge in [0.15, 0.2) is 0 Å².